The molecule has 0 saturated carbocycles. The number of β-amino-alcohol motifs (C(OH)–C–C–N with tert-alkyl or cyclic N) is 1. The van der Waals surface area contributed by atoms with E-state index >= 15 is 0 Å². The number of nitrogens with one attached hydrogen (secondary N) is 2. The third-order valence-corrected chi connectivity index (χ3v) is 4.52. The van der Waals surface area contributed by atoms with Crippen LogP contribution in [0.3, 0.4) is 0 Å². The summed E-state index contributed by atoms with van der Waals surface area (Å²) in [5, 5.41) is 14.1. The lowest BCUT2D eigenvalue weighted by Crippen LogP contribution is -2.44. The van der Waals surface area contributed by atoms with Gasteiger partial charge in [-0.25, -0.2) is 0 Å². The molecule has 0 unspecified atom stereocenters. The van der Waals surface area contributed by atoms with Crippen LogP contribution in [0, 0.1) is 13.8 Å². The summed E-state index contributed by atoms with van der Waals surface area (Å²) < 4.78 is 0. The van der Waals surface area contributed by atoms with E-state index in [1.807, 2.05) is 25.1 Å². The number of carbonyl (C=O) groups is 1. The van der Waals surface area contributed by atoms with Crippen LogP contribution in [0.15, 0.2) is 18.2 Å². The molecule has 2 aromatic rings. The highest BCUT2D eigenvalue weighted by Gasteiger charge is 2.31. The summed E-state index contributed by atoms with van der Waals surface area (Å²) in [5.74, 6) is -0.0529. The van der Waals surface area contributed by atoms with Gasteiger partial charge in [0.2, 0.25) is 0 Å². The molecule has 0 spiro atoms. The van der Waals surface area contributed by atoms with Gasteiger partial charge in [-0.2, -0.15) is 0 Å². The van der Waals surface area contributed by atoms with Gasteiger partial charge in [0, 0.05) is 42.3 Å². The first-order valence-electron chi connectivity index (χ1n) is 7.24. The molecule has 1 aromatic carbocycles. The highest BCUT2D eigenvalue weighted by atomic mass is 16.3. The molecule has 1 amide bonds. The summed E-state index contributed by atoms with van der Waals surface area (Å²) in [7, 11) is 1.75. The van der Waals surface area contributed by atoms with Crippen LogP contribution in [0.1, 0.15) is 21.6 Å². The zero-order valence-corrected chi connectivity index (χ0v) is 12.6. The Kier molecular flexibility index (Phi) is 3.47. The quantitative estimate of drug-likeness (QED) is 0.777. The van der Waals surface area contributed by atoms with Crippen LogP contribution in [-0.2, 0) is 0 Å². The van der Waals surface area contributed by atoms with E-state index in [1.54, 1.807) is 11.9 Å². The molecule has 2 heterocycles. The third-order valence-electron chi connectivity index (χ3n) is 4.52. The van der Waals surface area contributed by atoms with E-state index in [0.717, 1.165) is 16.6 Å². The first kappa shape index (κ1) is 14.1. The van der Waals surface area contributed by atoms with Gasteiger partial charge >= 0.3 is 0 Å². The van der Waals surface area contributed by atoms with Gasteiger partial charge in [-0.05, 0) is 37.6 Å². The fourth-order valence-electron chi connectivity index (χ4n) is 2.99. The number of nitrogens with zero attached hydrogens (tertiary/aromatic N) is 1. The Labute approximate surface area is 124 Å². The fourth-order valence-corrected chi connectivity index (χ4v) is 2.99. The number of benzene rings is 1. The molecule has 3 rings (SSSR count). The van der Waals surface area contributed by atoms with Crippen LogP contribution in [0.4, 0.5) is 0 Å². The fraction of sp³-hybridized carbons (Fsp3) is 0.438. The minimum atomic E-state index is -0.501. The molecule has 3 N–H and O–H groups in total. The van der Waals surface area contributed by atoms with E-state index in [4.69, 9.17) is 0 Å². The molecule has 112 valence electrons. The van der Waals surface area contributed by atoms with E-state index in [2.05, 4.69) is 17.2 Å². The second-order valence-electron chi connectivity index (χ2n) is 5.84. The molecule has 0 radical (unpaired) electrons. The number of carbonyl (C=O) groups excluding carboxylic acids is 1. The monoisotopic (exact) mass is 287 g/mol. The normalized spacial score (nSPS) is 21.9. The molecule has 2 atom stereocenters. The molecule has 1 saturated heterocycles. The number of aromatic amines is 1. The predicted molar refractivity (Wildman–Crippen MR) is 82.5 cm³/mol. The maximum atomic E-state index is 12.6. The lowest BCUT2D eigenvalue weighted by molar-refractivity contribution is 0.0581. The number of likely N-dealkylation sites (N-methyl/N-ethyl adjacent to an activating group) is 1. The van der Waals surface area contributed by atoms with E-state index < -0.39 is 6.10 Å². The number of aliphatic hydroxyl groups is 1. The largest absolute Gasteiger partial charge is 0.390 e. The van der Waals surface area contributed by atoms with Gasteiger partial charge in [-0.1, -0.05) is 0 Å². The Morgan fingerprint density at radius 2 is 2.10 bits per heavy atom. The number of rotatable bonds is 2. The molecule has 1 aliphatic rings. The van der Waals surface area contributed by atoms with Gasteiger partial charge in [0.15, 0.2) is 0 Å². The summed E-state index contributed by atoms with van der Waals surface area (Å²) in [6.07, 6.45) is -0.501. The number of amides is 1. The van der Waals surface area contributed by atoms with Gasteiger partial charge in [0.25, 0.3) is 5.91 Å². The van der Waals surface area contributed by atoms with Crippen LogP contribution in [0.2, 0.25) is 0 Å². The summed E-state index contributed by atoms with van der Waals surface area (Å²) in [6, 6.07) is 5.55. The Hall–Kier alpha value is -1.85. The van der Waals surface area contributed by atoms with Gasteiger partial charge in [-0.15, -0.1) is 0 Å². The molecule has 1 aliphatic heterocycles. The van der Waals surface area contributed by atoms with Crippen molar-refractivity contribution in [2.24, 2.45) is 0 Å². The van der Waals surface area contributed by atoms with Crippen LogP contribution in [-0.4, -0.2) is 53.2 Å². The molecule has 1 aromatic heterocycles. The third kappa shape index (κ3) is 2.32. The standard InChI is InChI=1S/C16H21N3O2/c1-9-10(2)18-13-5-4-11(6-12(9)13)16(21)19(3)14-7-17-8-15(14)20/h4-6,14-15,17-18,20H,7-8H2,1-3H3/t14-,15-/m1/s1. The van der Waals surface area contributed by atoms with Crippen molar-refractivity contribution in [1.29, 1.82) is 0 Å². The van der Waals surface area contributed by atoms with Gasteiger partial charge in [-0.3, -0.25) is 4.79 Å². The van der Waals surface area contributed by atoms with Crippen molar-refractivity contribution in [3.63, 3.8) is 0 Å². The van der Waals surface area contributed by atoms with Crippen molar-refractivity contribution >= 4 is 16.8 Å². The van der Waals surface area contributed by atoms with Crippen LogP contribution in [0.25, 0.3) is 10.9 Å². The Morgan fingerprint density at radius 3 is 2.76 bits per heavy atom. The maximum absolute atomic E-state index is 12.6. The number of hydrogen-bond acceptors (Lipinski definition) is 3. The van der Waals surface area contributed by atoms with E-state index in [9.17, 15) is 9.90 Å². The number of H-pyrrole nitrogens is 1. The van der Waals surface area contributed by atoms with Gasteiger partial charge in [0.1, 0.15) is 0 Å². The molecule has 0 aliphatic carbocycles. The molecule has 5 heteroatoms. The van der Waals surface area contributed by atoms with Gasteiger partial charge < -0.3 is 20.3 Å². The Balaban J connectivity index is 1.92. The highest BCUT2D eigenvalue weighted by molar-refractivity contribution is 5.99. The number of aliphatic hydroxyl groups excluding tert-OH is 1. The summed E-state index contributed by atoms with van der Waals surface area (Å²) in [6.45, 7) is 5.26. The number of hydrogen-bond donors (Lipinski definition) is 3. The first-order chi connectivity index (χ1) is 9.99. The SMILES string of the molecule is Cc1[nH]c2ccc(C(=O)N(C)[C@@H]3CNC[C@H]3O)cc2c1C. The van der Waals surface area contributed by atoms with Crippen molar-refractivity contribution in [3.8, 4) is 0 Å². The second kappa shape index (κ2) is 5.16. The van der Waals surface area contributed by atoms with Crippen LogP contribution in [0.5, 0.6) is 0 Å². The van der Waals surface area contributed by atoms with Crippen molar-refractivity contribution in [1.82, 2.24) is 15.2 Å². The minimum absolute atomic E-state index is 0.0529. The lowest BCUT2D eigenvalue weighted by Gasteiger charge is -2.26. The van der Waals surface area contributed by atoms with E-state index in [1.165, 1.54) is 5.56 Å². The van der Waals surface area contributed by atoms with Gasteiger partial charge in [0.05, 0.1) is 12.1 Å². The predicted octanol–water partition coefficient (Wildman–Crippen LogP) is 1.19. The smallest absolute Gasteiger partial charge is 0.254 e. The molecule has 5 nitrogen and oxygen atoms in total. The molecule has 21 heavy (non-hydrogen) atoms. The second-order valence-corrected chi connectivity index (χ2v) is 5.84. The molecular weight excluding hydrogens is 266 g/mol. The zero-order chi connectivity index (χ0) is 15.1. The van der Waals surface area contributed by atoms with Crippen molar-refractivity contribution in [2.75, 3.05) is 20.1 Å². The average molecular weight is 287 g/mol. The van der Waals surface area contributed by atoms with Crippen molar-refractivity contribution in [3.05, 3.63) is 35.0 Å². The molecule has 0 bridgehead atoms. The summed E-state index contributed by atoms with van der Waals surface area (Å²) in [4.78, 5) is 17.6. The molecular formula is C16H21N3O2. The van der Waals surface area contributed by atoms with E-state index in [-0.39, 0.29) is 11.9 Å². The minimum Gasteiger partial charge on any atom is -0.390 e. The van der Waals surface area contributed by atoms with Crippen LogP contribution < -0.4 is 5.32 Å². The summed E-state index contributed by atoms with van der Waals surface area (Å²) in [5.41, 5.74) is 4.00. The zero-order valence-electron chi connectivity index (χ0n) is 12.6. The maximum Gasteiger partial charge on any atom is 0.254 e. The molecule has 1 fully saturated rings. The topological polar surface area (TPSA) is 68.4 Å². The highest BCUT2D eigenvalue weighted by Crippen LogP contribution is 2.23. The Bertz CT molecular complexity index is 692. The number of aromatic nitrogens is 1. The first-order valence-corrected chi connectivity index (χ1v) is 7.24. The van der Waals surface area contributed by atoms with E-state index in [0.29, 0.717) is 18.7 Å². The summed E-state index contributed by atoms with van der Waals surface area (Å²) >= 11 is 0. The number of aryl methyl sites for hydroxylation is 2. The average Bonchev–Trinajstić information content (AvgIpc) is 3.02. The Morgan fingerprint density at radius 1 is 1.33 bits per heavy atom. The van der Waals surface area contributed by atoms with Crippen molar-refractivity contribution < 1.29 is 9.90 Å². The number of fused-ring (bicyclic) bond motifs is 1. The van der Waals surface area contributed by atoms with Crippen LogP contribution >= 0.6 is 0 Å². The lowest BCUT2D eigenvalue weighted by atomic mass is 10.1. The van der Waals surface area contributed by atoms with Crippen molar-refractivity contribution in [2.45, 2.75) is 26.0 Å².